The third-order valence-corrected chi connectivity index (χ3v) is 4.49. The molecule has 19 heavy (non-hydrogen) atoms. The Morgan fingerprint density at radius 1 is 0.947 bits per heavy atom. The molecule has 0 atom stereocenters. The summed E-state index contributed by atoms with van der Waals surface area (Å²) in [5.41, 5.74) is 0. The number of rotatable bonds is 2. The van der Waals surface area contributed by atoms with Crippen LogP contribution < -0.4 is 0 Å². The number of halogens is 1. The van der Waals surface area contributed by atoms with Crippen LogP contribution in [0.15, 0.2) is 69.1 Å². The van der Waals surface area contributed by atoms with Crippen molar-refractivity contribution in [1.29, 1.82) is 0 Å². The van der Waals surface area contributed by atoms with Crippen LogP contribution in [-0.4, -0.2) is 10.1 Å². The summed E-state index contributed by atoms with van der Waals surface area (Å²) in [5, 5.41) is 12.5. The summed E-state index contributed by atoms with van der Waals surface area (Å²) in [4.78, 5) is 5.50. The van der Waals surface area contributed by atoms with Crippen LogP contribution in [0.3, 0.4) is 0 Å². The Hall–Kier alpha value is -1.52. The van der Waals surface area contributed by atoms with Crippen LogP contribution >= 0.6 is 27.7 Å². The Morgan fingerprint density at radius 2 is 1.74 bits per heavy atom. The number of hydrogen-bond acceptors (Lipinski definition) is 3. The fourth-order valence-corrected chi connectivity index (χ4v) is 3.24. The molecule has 0 fully saturated rings. The number of benzene rings is 2. The van der Waals surface area contributed by atoms with Gasteiger partial charge in [-0.05, 0) is 36.4 Å². The number of hydrogen-bond donors (Lipinski definition) is 1. The van der Waals surface area contributed by atoms with Crippen molar-refractivity contribution in [2.75, 3.05) is 0 Å². The summed E-state index contributed by atoms with van der Waals surface area (Å²) in [6.07, 6.45) is 1.82. The normalized spacial score (nSPS) is 10.8. The number of phenolic OH excluding ortho intramolecular Hbond substituents is 1. The first-order chi connectivity index (χ1) is 9.24. The van der Waals surface area contributed by atoms with E-state index in [9.17, 15) is 5.11 Å². The van der Waals surface area contributed by atoms with Gasteiger partial charge in [0.2, 0.25) is 0 Å². The predicted octanol–water partition coefficient (Wildman–Crippen LogP) is 4.85. The summed E-state index contributed by atoms with van der Waals surface area (Å²) in [6, 6.07) is 15.2. The fourth-order valence-electron chi connectivity index (χ4n) is 1.85. The Balaban J connectivity index is 2.06. The lowest BCUT2D eigenvalue weighted by Gasteiger charge is -2.06. The van der Waals surface area contributed by atoms with Crippen LogP contribution in [0.2, 0.25) is 0 Å². The molecule has 0 aliphatic heterocycles. The molecule has 4 heteroatoms. The van der Waals surface area contributed by atoms with E-state index in [0.717, 1.165) is 25.2 Å². The summed E-state index contributed by atoms with van der Waals surface area (Å²) >= 11 is 5.15. The first-order valence-electron chi connectivity index (χ1n) is 5.74. The molecule has 1 heterocycles. The average molecular weight is 332 g/mol. The molecular weight excluding hydrogens is 322 g/mol. The lowest BCUT2D eigenvalue weighted by Crippen LogP contribution is -1.83. The molecule has 0 aliphatic carbocycles. The second kappa shape index (κ2) is 5.23. The molecule has 0 unspecified atom stereocenters. The zero-order chi connectivity index (χ0) is 13.2. The highest BCUT2D eigenvalue weighted by Crippen LogP contribution is 2.34. The van der Waals surface area contributed by atoms with Crippen molar-refractivity contribution in [1.82, 2.24) is 4.98 Å². The largest absolute Gasteiger partial charge is 0.508 e. The van der Waals surface area contributed by atoms with Crippen molar-refractivity contribution in [3.05, 3.63) is 59.2 Å². The average Bonchev–Trinajstić information content (AvgIpc) is 2.43. The van der Waals surface area contributed by atoms with Gasteiger partial charge in [0.15, 0.2) is 0 Å². The van der Waals surface area contributed by atoms with Gasteiger partial charge in [-0.1, -0.05) is 39.8 Å². The first-order valence-corrected chi connectivity index (χ1v) is 7.35. The lowest BCUT2D eigenvalue weighted by atomic mass is 10.2. The van der Waals surface area contributed by atoms with E-state index in [-0.39, 0.29) is 5.75 Å². The Labute approximate surface area is 123 Å². The highest BCUT2D eigenvalue weighted by molar-refractivity contribution is 9.10. The van der Waals surface area contributed by atoms with E-state index in [4.69, 9.17) is 0 Å². The zero-order valence-corrected chi connectivity index (χ0v) is 12.3. The molecule has 94 valence electrons. The minimum absolute atomic E-state index is 0.276. The lowest BCUT2D eigenvalue weighted by molar-refractivity contribution is 0.475. The van der Waals surface area contributed by atoms with Crippen molar-refractivity contribution in [3.63, 3.8) is 0 Å². The molecule has 0 saturated heterocycles. The van der Waals surface area contributed by atoms with E-state index in [0.29, 0.717) is 0 Å². The van der Waals surface area contributed by atoms with Gasteiger partial charge in [-0.25, -0.2) is 4.98 Å². The van der Waals surface area contributed by atoms with Gasteiger partial charge in [0.1, 0.15) is 10.8 Å². The van der Waals surface area contributed by atoms with Crippen LogP contribution in [0.4, 0.5) is 0 Å². The number of fused-ring (bicyclic) bond motifs is 1. The van der Waals surface area contributed by atoms with Gasteiger partial charge in [0.05, 0.1) is 0 Å². The van der Waals surface area contributed by atoms with Crippen molar-refractivity contribution in [2.45, 2.75) is 9.92 Å². The van der Waals surface area contributed by atoms with E-state index in [1.807, 2.05) is 36.5 Å². The van der Waals surface area contributed by atoms with Crippen LogP contribution in [0.25, 0.3) is 10.8 Å². The predicted molar refractivity (Wildman–Crippen MR) is 81.7 cm³/mol. The molecule has 3 rings (SSSR count). The van der Waals surface area contributed by atoms with E-state index in [2.05, 4.69) is 27.0 Å². The van der Waals surface area contributed by atoms with Gasteiger partial charge in [0, 0.05) is 26.3 Å². The molecule has 0 amide bonds. The van der Waals surface area contributed by atoms with Crippen molar-refractivity contribution in [2.24, 2.45) is 0 Å². The standard InChI is InChI=1S/C15H10BrNOS/c16-14-3-1-2-13-12(14)8-9-17-15(13)19-11-6-4-10(18)5-7-11/h1-9,18H. The van der Waals surface area contributed by atoms with Crippen LogP contribution in [0.5, 0.6) is 5.75 Å². The number of nitrogens with zero attached hydrogens (tertiary/aromatic N) is 1. The summed E-state index contributed by atoms with van der Waals surface area (Å²) < 4.78 is 1.07. The Bertz CT molecular complexity index is 728. The van der Waals surface area contributed by atoms with Crippen molar-refractivity contribution < 1.29 is 5.11 Å². The Morgan fingerprint density at radius 3 is 2.53 bits per heavy atom. The van der Waals surface area contributed by atoms with Gasteiger partial charge in [-0.15, -0.1) is 0 Å². The van der Waals surface area contributed by atoms with E-state index >= 15 is 0 Å². The van der Waals surface area contributed by atoms with E-state index < -0.39 is 0 Å². The van der Waals surface area contributed by atoms with Gasteiger partial charge < -0.3 is 5.11 Å². The second-order valence-corrected chi connectivity index (χ2v) is 5.96. The SMILES string of the molecule is Oc1ccc(Sc2nccc3c(Br)cccc23)cc1. The minimum atomic E-state index is 0.276. The molecule has 0 bridgehead atoms. The van der Waals surface area contributed by atoms with Gasteiger partial charge in [-0.3, -0.25) is 0 Å². The third kappa shape index (κ3) is 2.60. The molecule has 3 aromatic rings. The topological polar surface area (TPSA) is 33.1 Å². The molecular formula is C15H10BrNOS. The second-order valence-electron chi connectivity index (χ2n) is 4.05. The molecule has 2 nitrogen and oxygen atoms in total. The number of pyridine rings is 1. The van der Waals surface area contributed by atoms with Crippen LogP contribution in [0, 0.1) is 0 Å². The minimum Gasteiger partial charge on any atom is -0.508 e. The van der Waals surface area contributed by atoms with Crippen molar-refractivity contribution in [3.8, 4) is 5.75 Å². The molecule has 1 aromatic heterocycles. The molecule has 0 radical (unpaired) electrons. The smallest absolute Gasteiger partial charge is 0.115 e. The van der Waals surface area contributed by atoms with Gasteiger partial charge >= 0.3 is 0 Å². The van der Waals surface area contributed by atoms with E-state index in [1.165, 1.54) is 0 Å². The Kier molecular flexibility index (Phi) is 3.44. The zero-order valence-electron chi connectivity index (χ0n) is 9.88. The molecule has 0 aliphatic rings. The maximum Gasteiger partial charge on any atom is 0.115 e. The molecule has 0 saturated carbocycles. The van der Waals surface area contributed by atoms with Crippen LogP contribution in [-0.2, 0) is 0 Å². The third-order valence-electron chi connectivity index (χ3n) is 2.77. The summed E-state index contributed by atoms with van der Waals surface area (Å²) in [6.45, 7) is 0. The van der Waals surface area contributed by atoms with Crippen LogP contribution in [0.1, 0.15) is 0 Å². The summed E-state index contributed by atoms with van der Waals surface area (Å²) in [5.74, 6) is 0.276. The van der Waals surface area contributed by atoms with Crippen molar-refractivity contribution >= 4 is 38.5 Å². The first kappa shape index (κ1) is 12.5. The summed E-state index contributed by atoms with van der Waals surface area (Å²) in [7, 11) is 0. The quantitative estimate of drug-likeness (QED) is 0.728. The maximum atomic E-state index is 9.30. The molecule has 2 aromatic carbocycles. The highest BCUT2D eigenvalue weighted by Gasteiger charge is 2.06. The molecule has 1 N–H and O–H groups in total. The number of aromatic nitrogens is 1. The molecule has 0 spiro atoms. The number of aromatic hydroxyl groups is 1. The van der Waals surface area contributed by atoms with Gasteiger partial charge in [-0.2, -0.15) is 0 Å². The maximum absolute atomic E-state index is 9.30. The monoisotopic (exact) mass is 331 g/mol. The highest BCUT2D eigenvalue weighted by atomic mass is 79.9. The number of phenols is 1. The van der Waals surface area contributed by atoms with Gasteiger partial charge in [0.25, 0.3) is 0 Å². The van der Waals surface area contributed by atoms with E-state index in [1.54, 1.807) is 23.9 Å². The fraction of sp³-hybridized carbons (Fsp3) is 0.